The van der Waals surface area contributed by atoms with E-state index in [9.17, 15) is 5.11 Å². The average Bonchev–Trinajstić information content (AvgIpc) is 2.06. The summed E-state index contributed by atoms with van der Waals surface area (Å²) in [6.07, 6.45) is 4.98. The Labute approximate surface area is 88.3 Å². The summed E-state index contributed by atoms with van der Waals surface area (Å²) >= 11 is 2.13. The Morgan fingerprint density at radius 3 is 2.42 bits per heavy atom. The molecule has 0 amide bonds. The molecule has 0 aromatic rings. The smallest absolute Gasteiger partial charge is 0.108 e. The number of rotatable bonds is 3. The van der Waals surface area contributed by atoms with Gasteiger partial charge in [-0.25, -0.2) is 0 Å². The zero-order valence-electron chi connectivity index (χ0n) is 7.59. The van der Waals surface area contributed by atoms with Crippen molar-refractivity contribution in [2.75, 3.05) is 13.6 Å². The second kappa shape index (κ2) is 5.40. The van der Waals surface area contributed by atoms with Gasteiger partial charge in [0, 0.05) is 0 Å². The van der Waals surface area contributed by atoms with Crippen LogP contribution in [-0.4, -0.2) is 22.8 Å². The fraction of sp³-hybridized carbons (Fsp3) is 1.00. The van der Waals surface area contributed by atoms with Crippen molar-refractivity contribution in [3.8, 4) is 0 Å². The molecule has 1 fully saturated rings. The largest absolute Gasteiger partial charge is 0.382 e. The van der Waals surface area contributed by atoms with Gasteiger partial charge in [0.2, 0.25) is 0 Å². The van der Waals surface area contributed by atoms with Gasteiger partial charge in [-0.2, -0.15) is 0 Å². The van der Waals surface area contributed by atoms with E-state index in [1.54, 1.807) is 0 Å². The molecule has 1 rings (SSSR count). The molecule has 1 unspecified atom stereocenters. The lowest BCUT2D eigenvalue weighted by atomic mass is 9.82. The lowest BCUT2D eigenvalue weighted by molar-refractivity contribution is 0.152. The molecule has 3 heteroatoms. The summed E-state index contributed by atoms with van der Waals surface area (Å²) in [5.41, 5.74) is 0. The quantitative estimate of drug-likeness (QED) is 0.611. The van der Waals surface area contributed by atoms with Crippen molar-refractivity contribution in [3.05, 3.63) is 0 Å². The molecule has 12 heavy (non-hydrogen) atoms. The predicted molar refractivity (Wildman–Crippen MR) is 59.4 cm³/mol. The molecule has 1 atom stereocenters. The van der Waals surface area contributed by atoms with Gasteiger partial charge >= 0.3 is 0 Å². The maximum absolute atomic E-state index is 9.36. The van der Waals surface area contributed by atoms with E-state index in [1.165, 1.54) is 25.7 Å². The number of aliphatic hydroxyl groups excluding tert-OH is 1. The fourth-order valence-corrected chi connectivity index (χ4v) is 2.68. The Bertz CT molecular complexity index is 122. The Morgan fingerprint density at radius 1 is 1.42 bits per heavy atom. The summed E-state index contributed by atoms with van der Waals surface area (Å²) < 4.78 is -0.127. The monoisotopic (exact) mass is 283 g/mol. The highest BCUT2D eigenvalue weighted by molar-refractivity contribution is 14.1. The molecule has 0 aromatic heterocycles. The highest BCUT2D eigenvalue weighted by Crippen LogP contribution is 2.32. The van der Waals surface area contributed by atoms with Crippen LogP contribution in [0.3, 0.4) is 0 Å². The van der Waals surface area contributed by atoms with Crippen molar-refractivity contribution >= 4 is 22.6 Å². The minimum Gasteiger partial charge on any atom is -0.382 e. The van der Waals surface area contributed by atoms with E-state index in [0.29, 0.717) is 5.92 Å². The second-order valence-electron chi connectivity index (χ2n) is 3.71. The maximum Gasteiger partial charge on any atom is 0.108 e. The third-order valence-corrected chi connectivity index (χ3v) is 3.79. The minimum atomic E-state index is -0.127. The summed E-state index contributed by atoms with van der Waals surface area (Å²) in [7, 11) is 2.01. The van der Waals surface area contributed by atoms with Gasteiger partial charge in [0.1, 0.15) is 4.11 Å². The van der Waals surface area contributed by atoms with Crippen LogP contribution in [0.1, 0.15) is 25.7 Å². The molecule has 0 spiro atoms. The highest BCUT2D eigenvalue weighted by Gasteiger charge is 2.24. The lowest BCUT2D eigenvalue weighted by Gasteiger charge is -2.29. The van der Waals surface area contributed by atoms with Crippen molar-refractivity contribution in [1.29, 1.82) is 0 Å². The number of hydrogen-bond donors (Lipinski definition) is 2. The average molecular weight is 283 g/mol. The molecule has 0 bridgehead atoms. The van der Waals surface area contributed by atoms with Crippen LogP contribution >= 0.6 is 22.6 Å². The van der Waals surface area contributed by atoms with Gasteiger partial charge in [0.25, 0.3) is 0 Å². The van der Waals surface area contributed by atoms with Gasteiger partial charge in [0.15, 0.2) is 0 Å². The van der Waals surface area contributed by atoms with E-state index < -0.39 is 0 Å². The Hall–Kier alpha value is 0.650. The molecule has 0 radical (unpaired) electrons. The number of nitrogens with one attached hydrogen (secondary N) is 1. The lowest BCUT2D eigenvalue weighted by Crippen LogP contribution is -2.27. The van der Waals surface area contributed by atoms with Crippen LogP contribution in [0.2, 0.25) is 0 Å². The van der Waals surface area contributed by atoms with E-state index >= 15 is 0 Å². The Kier molecular flexibility index (Phi) is 4.82. The number of halogens is 1. The molecule has 1 saturated carbocycles. The van der Waals surface area contributed by atoms with Gasteiger partial charge in [-0.3, -0.25) is 0 Å². The molecule has 0 aromatic carbocycles. The van der Waals surface area contributed by atoms with Gasteiger partial charge in [-0.1, -0.05) is 22.6 Å². The van der Waals surface area contributed by atoms with Crippen LogP contribution in [0.25, 0.3) is 0 Å². The molecule has 0 heterocycles. The third-order valence-electron chi connectivity index (χ3n) is 2.77. The van der Waals surface area contributed by atoms with E-state index in [0.717, 1.165) is 12.5 Å². The van der Waals surface area contributed by atoms with Gasteiger partial charge < -0.3 is 10.4 Å². The van der Waals surface area contributed by atoms with Crippen LogP contribution in [0, 0.1) is 11.8 Å². The van der Waals surface area contributed by atoms with E-state index in [-0.39, 0.29) is 4.11 Å². The van der Waals surface area contributed by atoms with Crippen LogP contribution < -0.4 is 5.32 Å². The minimum absolute atomic E-state index is 0.127. The van der Waals surface area contributed by atoms with Crippen molar-refractivity contribution in [3.63, 3.8) is 0 Å². The Morgan fingerprint density at radius 2 is 2.00 bits per heavy atom. The molecule has 72 valence electrons. The molecular formula is C9H18INO. The third kappa shape index (κ3) is 3.18. The summed E-state index contributed by atoms with van der Waals surface area (Å²) in [6.45, 7) is 1.14. The zero-order valence-corrected chi connectivity index (χ0v) is 9.75. The van der Waals surface area contributed by atoms with E-state index in [4.69, 9.17) is 0 Å². The summed E-state index contributed by atoms with van der Waals surface area (Å²) in [5.74, 6) is 1.40. The van der Waals surface area contributed by atoms with Crippen molar-refractivity contribution in [2.45, 2.75) is 29.8 Å². The van der Waals surface area contributed by atoms with Crippen LogP contribution in [-0.2, 0) is 0 Å². The van der Waals surface area contributed by atoms with Crippen LogP contribution in [0.5, 0.6) is 0 Å². The molecular weight excluding hydrogens is 265 g/mol. The number of aliphatic hydroxyl groups is 1. The first-order valence-corrected chi connectivity index (χ1v) is 5.95. The van der Waals surface area contributed by atoms with E-state index in [2.05, 4.69) is 27.9 Å². The number of alkyl halides is 1. The fourth-order valence-electron chi connectivity index (χ4n) is 1.96. The topological polar surface area (TPSA) is 32.3 Å². The molecule has 0 saturated heterocycles. The number of hydrogen-bond acceptors (Lipinski definition) is 2. The van der Waals surface area contributed by atoms with Crippen molar-refractivity contribution in [1.82, 2.24) is 5.32 Å². The molecule has 2 nitrogen and oxygen atoms in total. The normalized spacial score (nSPS) is 33.2. The molecule has 1 aliphatic carbocycles. The maximum atomic E-state index is 9.36. The standard InChI is InChI=1S/C9H18INO/c1-11-6-7-2-4-8(5-3-7)9(10)12/h7-9,11-12H,2-6H2,1H3. The zero-order chi connectivity index (χ0) is 8.97. The second-order valence-corrected chi connectivity index (χ2v) is 4.99. The SMILES string of the molecule is CNCC1CCC(C(O)I)CC1. The molecule has 2 N–H and O–H groups in total. The van der Waals surface area contributed by atoms with Gasteiger partial charge in [0.05, 0.1) is 0 Å². The van der Waals surface area contributed by atoms with Crippen molar-refractivity contribution in [2.24, 2.45) is 11.8 Å². The van der Waals surface area contributed by atoms with Gasteiger partial charge in [-0.15, -0.1) is 0 Å². The van der Waals surface area contributed by atoms with E-state index in [1.807, 2.05) is 7.05 Å². The predicted octanol–water partition coefficient (Wildman–Crippen LogP) is 1.77. The van der Waals surface area contributed by atoms with Crippen molar-refractivity contribution < 1.29 is 5.11 Å². The summed E-state index contributed by atoms with van der Waals surface area (Å²) in [4.78, 5) is 0. The molecule has 0 aliphatic heterocycles. The molecule has 1 aliphatic rings. The first kappa shape index (κ1) is 10.7. The summed E-state index contributed by atoms with van der Waals surface area (Å²) in [6, 6.07) is 0. The highest BCUT2D eigenvalue weighted by atomic mass is 127. The van der Waals surface area contributed by atoms with Gasteiger partial charge in [-0.05, 0) is 51.1 Å². The first-order valence-electron chi connectivity index (χ1n) is 4.70. The van der Waals surface area contributed by atoms with Crippen LogP contribution in [0.15, 0.2) is 0 Å². The van der Waals surface area contributed by atoms with Crippen LogP contribution in [0.4, 0.5) is 0 Å². The Balaban J connectivity index is 2.20. The summed E-state index contributed by atoms with van der Waals surface area (Å²) in [5, 5.41) is 12.6. The first-order chi connectivity index (χ1) is 5.74.